The molecule has 0 spiro atoms. The summed E-state index contributed by atoms with van der Waals surface area (Å²) in [5.74, 6) is -1.97. The summed E-state index contributed by atoms with van der Waals surface area (Å²) in [5.41, 5.74) is 0.464. The van der Waals surface area contributed by atoms with E-state index in [9.17, 15) is 19.1 Å². The quantitative estimate of drug-likeness (QED) is 0.714. The van der Waals surface area contributed by atoms with Gasteiger partial charge in [-0.15, -0.1) is 0 Å². The number of esters is 2. The summed E-state index contributed by atoms with van der Waals surface area (Å²) in [6, 6.07) is 4.48. The van der Waals surface area contributed by atoms with Crippen LogP contribution in [-0.2, 0) is 19.1 Å². The van der Waals surface area contributed by atoms with E-state index in [0.29, 0.717) is 31.4 Å². The molecular weight excluding hydrogens is 391 g/mol. The lowest BCUT2D eigenvalue weighted by atomic mass is 9.93. The van der Waals surface area contributed by atoms with E-state index in [1.54, 1.807) is 24.4 Å². The largest absolute Gasteiger partial charge is 0.465 e. The number of aliphatic hydroxyl groups is 1. The Morgan fingerprint density at radius 1 is 1.10 bits per heavy atom. The number of carbonyl (C=O) groups excluding carboxylic acids is 2. The van der Waals surface area contributed by atoms with E-state index in [1.165, 1.54) is 37.3 Å². The van der Waals surface area contributed by atoms with Crippen molar-refractivity contribution in [3.05, 3.63) is 59.7 Å². The van der Waals surface area contributed by atoms with Crippen molar-refractivity contribution >= 4 is 23.3 Å². The number of methoxy groups -OCH3 is 2. The molecule has 0 radical (unpaired) electrons. The number of anilines is 2. The van der Waals surface area contributed by atoms with E-state index < -0.39 is 17.8 Å². The molecule has 1 saturated carbocycles. The van der Waals surface area contributed by atoms with Crippen LogP contribution in [0.4, 0.5) is 15.8 Å². The number of ether oxygens (including phenoxy) is 2. The van der Waals surface area contributed by atoms with Gasteiger partial charge in [-0.25, -0.2) is 14.0 Å². The molecule has 30 heavy (non-hydrogen) atoms. The second kappa shape index (κ2) is 9.58. The molecule has 160 valence electrons. The van der Waals surface area contributed by atoms with Crippen molar-refractivity contribution < 1.29 is 28.6 Å². The first-order valence-electron chi connectivity index (χ1n) is 9.74. The van der Waals surface area contributed by atoms with E-state index in [4.69, 9.17) is 9.47 Å². The van der Waals surface area contributed by atoms with Crippen molar-refractivity contribution in [2.75, 3.05) is 24.4 Å². The van der Waals surface area contributed by atoms with E-state index in [1.807, 2.05) is 0 Å². The number of benzene rings is 1. The maximum absolute atomic E-state index is 14.9. The zero-order valence-electron chi connectivity index (χ0n) is 16.9. The molecule has 0 unspecified atom stereocenters. The van der Waals surface area contributed by atoms with Crippen molar-refractivity contribution in [1.29, 1.82) is 0 Å². The minimum absolute atomic E-state index is 0.00894. The van der Waals surface area contributed by atoms with Gasteiger partial charge in [-0.1, -0.05) is 12.1 Å². The number of halogens is 1. The molecule has 8 heteroatoms. The third-order valence-electron chi connectivity index (χ3n) is 5.19. The van der Waals surface area contributed by atoms with Gasteiger partial charge in [-0.2, -0.15) is 0 Å². The van der Waals surface area contributed by atoms with Gasteiger partial charge in [0.15, 0.2) is 0 Å². The van der Waals surface area contributed by atoms with Crippen LogP contribution in [0.2, 0.25) is 0 Å². The molecule has 1 aromatic carbocycles. The number of allylic oxidation sites excluding steroid dienone is 2. The highest BCUT2D eigenvalue weighted by Crippen LogP contribution is 2.36. The van der Waals surface area contributed by atoms with Crippen LogP contribution < -0.4 is 10.2 Å². The Hall–Kier alpha value is -3.13. The Morgan fingerprint density at radius 3 is 2.47 bits per heavy atom. The molecule has 1 aromatic rings. The number of nitrogens with one attached hydrogen (secondary N) is 1. The van der Waals surface area contributed by atoms with Gasteiger partial charge in [0.1, 0.15) is 11.5 Å². The summed E-state index contributed by atoms with van der Waals surface area (Å²) in [6.45, 7) is 0. The van der Waals surface area contributed by atoms with Crippen molar-refractivity contribution in [2.24, 2.45) is 0 Å². The minimum Gasteiger partial charge on any atom is -0.465 e. The minimum atomic E-state index is -0.761. The molecule has 0 aromatic heterocycles. The van der Waals surface area contributed by atoms with Gasteiger partial charge in [0.05, 0.1) is 37.3 Å². The monoisotopic (exact) mass is 416 g/mol. The number of para-hydroxylation sites is 1. The van der Waals surface area contributed by atoms with Crippen molar-refractivity contribution in [1.82, 2.24) is 0 Å². The summed E-state index contributed by atoms with van der Waals surface area (Å²) in [7, 11) is 2.42. The zero-order chi connectivity index (χ0) is 21.7. The summed E-state index contributed by atoms with van der Waals surface area (Å²) in [4.78, 5) is 26.4. The van der Waals surface area contributed by atoms with Gasteiger partial charge in [-0.3, -0.25) is 0 Å². The smallest absolute Gasteiger partial charge is 0.355 e. The van der Waals surface area contributed by atoms with E-state index in [2.05, 4.69) is 5.32 Å². The van der Waals surface area contributed by atoms with Crippen LogP contribution in [0.15, 0.2) is 53.9 Å². The molecule has 1 aliphatic heterocycles. The molecule has 0 saturated heterocycles. The van der Waals surface area contributed by atoms with Crippen molar-refractivity contribution in [3.63, 3.8) is 0 Å². The molecule has 2 N–H and O–H groups in total. The van der Waals surface area contributed by atoms with Gasteiger partial charge in [0.25, 0.3) is 0 Å². The predicted molar refractivity (Wildman–Crippen MR) is 110 cm³/mol. The summed E-state index contributed by atoms with van der Waals surface area (Å²) >= 11 is 0. The number of hydrogen-bond donors (Lipinski definition) is 2. The number of hydrogen-bond acceptors (Lipinski definition) is 7. The van der Waals surface area contributed by atoms with Gasteiger partial charge in [0.2, 0.25) is 0 Å². The highest BCUT2D eigenvalue weighted by molar-refractivity contribution is 6.06. The molecule has 1 aliphatic carbocycles. The zero-order valence-corrected chi connectivity index (χ0v) is 16.9. The Morgan fingerprint density at radius 2 is 1.80 bits per heavy atom. The van der Waals surface area contributed by atoms with Gasteiger partial charge >= 0.3 is 11.9 Å². The van der Waals surface area contributed by atoms with Crippen LogP contribution in [0.3, 0.4) is 0 Å². The molecule has 2 aliphatic rings. The predicted octanol–water partition coefficient (Wildman–Crippen LogP) is 3.03. The van der Waals surface area contributed by atoms with Gasteiger partial charge in [0, 0.05) is 12.2 Å². The molecule has 1 heterocycles. The normalized spacial score (nSPS) is 21.3. The van der Waals surface area contributed by atoms with E-state index in [-0.39, 0.29) is 29.1 Å². The SMILES string of the molecule is COC(=O)C1=C(C(=O)OC)N(c2cccc(F)c2NC2CCC(O)CC2)C=CC=C1. The molecule has 1 fully saturated rings. The number of aliphatic hydroxyl groups excluding tert-OH is 1. The first-order chi connectivity index (χ1) is 14.5. The first-order valence-corrected chi connectivity index (χ1v) is 9.74. The Labute approximate surface area is 174 Å². The molecule has 0 amide bonds. The molecule has 7 nitrogen and oxygen atoms in total. The van der Waals surface area contributed by atoms with Crippen molar-refractivity contribution in [2.45, 2.75) is 37.8 Å². The third kappa shape index (κ3) is 4.54. The summed E-state index contributed by atoms with van der Waals surface area (Å²) in [6.07, 6.45) is 8.54. The first kappa shape index (κ1) is 21.6. The van der Waals surface area contributed by atoms with Crippen LogP contribution in [0.5, 0.6) is 0 Å². The van der Waals surface area contributed by atoms with E-state index >= 15 is 0 Å². The fraction of sp³-hybridized carbons (Fsp3) is 0.364. The standard InChI is InChI=1S/C22H25FN2O5/c1-29-21(27)16-6-3-4-13-25(20(16)22(28)30-2)18-8-5-7-17(23)19(18)24-14-9-11-15(26)12-10-14/h3-8,13-15,24,26H,9-12H2,1-2H3. The van der Waals surface area contributed by atoms with Crippen LogP contribution >= 0.6 is 0 Å². The molecular formula is C22H25FN2O5. The average Bonchev–Trinajstić information content (AvgIpc) is 2.98. The fourth-order valence-electron chi connectivity index (χ4n) is 3.63. The topological polar surface area (TPSA) is 88.1 Å². The maximum atomic E-state index is 14.9. The Balaban J connectivity index is 2.07. The highest BCUT2D eigenvalue weighted by atomic mass is 19.1. The second-order valence-corrected chi connectivity index (χ2v) is 7.10. The van der Waals surface area contributed by atoms with Crippen LogP contribution in [0.25, 0.3) is 0 Å². The second-order valence-electron chi connectivity index (χ2n) is 7.10. The van der Waals surface area contributed by atoms with Crippen LogP contribution in [0, 0.1) is 5.82 Å². The lowest BCUT2D eigenvalue weighted by Gasteiger charge is -2.30. The van der Waals surface area contributed by atoms with Gasteiger partial charge in [-0.05, 0) is 50.0 Å². The molecule has 3 rings (SSSR count). The fourth-order valence-corrected chi connectivity index (χ4v) is 3.63. The number of nitrogens with zero attached hydrogens (tertiary/aromatic N) is 1. The third-order valence-corrected chi connectivity index (χ3v) is 5.19. The Kier molecular flexibility index (Phi) is 6.89. The molecule has 0 bridgehead atoms. The molecule has 0 atom stereocenters. The van der Waals surface area contributed by atoms with Crippen LogP contribution in [-0.4, -0.2) is 43.4 Å². The Bertz CT molecular complexity index is 901. The lowest BCUT2D eigenvalue weighted by Crippen LogP contribution is -2.31. The van der Waals surface area contributed by atoms with Gasteiger partial charge < -0.3 is 24.8 Å². The number of carbonyl (C=O) groups is 2. The summed E-state index contributed by atoms with van der Waals surface area (Å²) in [5, 5.41) is 13.0. The summed E-state index contributed by atoms with van der Waals surface area (Å²) < 4.78 is 24.6. The average molecular weight is 416 g/mol. The van der Waals surface area contributed by atoms with Crippen molar-refractivity contribution in [3.8, 4) is 0 Å². The number of rotatable bonds is 5. The lowest BCUT2D eigenvalue weighted by molar-refractivity contribution is -0.139. The van der Waals surface area contributed by atoms with E-state index in [0.717, 1.165) is 0 Å². The van der Waals surface area contributed by atoms with Crippen LogP contribution in [0.1, 0.15) is 25.7 Å². The highest BCUT2D eigenvalue weighted by Gasteiger charge is 2.30. The maximum Gasteiger partial charge on any atom is 0.355 e.